The van der Waals surface area contributed by atoms with Crippen LogP contribution in [0.3, 0.4) is 0 Å². The van der Waals surface area contributed by atoms with Crippen molar-refractivity contribution >= 4 is 5.97 Å². The maximum absolute atomic E-state index is 10.9. The molecule has 85 heavy (non-hydrogen) atoms. The lowest BCUT2D eigenvalue weighted by Crippen LogP contribution is -2.09. The normalized spacial score (nSPS) is 11.6. The molecule has 0 heterocycles. The Morgan fingerprint density at radius 1 is 0.200 bits per heavy atom. The van der Waals surface area contributed by atoms with Crippen LogP contribution in [0.5, 0.6) is 0 Å². The summed E-state index contributed by atoms with van der Waals surface area (Å²) in [5.74, 6) is -0.404. The summed E-state index contributed by atoms with van der Waals surface area (Å²) in [5, 5.41) is 8.70. The number of aliphatic hydroxyl groups is 1. The summed E-state index contributed by atoms with van der Waals surface area (Å²) in [4.78, 5) is 10.9. The molecule has 22 heteroatoms. The highest BCUT2D eigenvalue weighted by Crippen LogP contribution is 2.00. The van der Waals surface area contributed by atoms with Crippen LogP contribution in [0.25, 0.3) is 0 Å². The zero-order valence-electron chi connectivity index (χ0n) is 53.2. The number of carbonyl (C=O) groups is 1. The highest BCUT2D eigenvalue weighted by molar-refractivity contribution is 5.81. The van der Waals surface area contributed by atoms with Crippen LogP contribution in [0, 0.1) is 0 Å². The first kappa shape index (κ1) is 83.4. The Labute approximate surface area is 514 Å². The van der Waals surface area contributed by atoms with Crippen molar-refractivity contribution in [2.75, 3.05) is 264 Å². The van der Waals surface area contributed by atoms with E-state index in [0.717, 1.165) is 122 Å². The quantitative estimate of drug-likeness (QED) is 0.0348. The predicted octanol–water partition coefficient (Wildman–Crippen LogP) is 7.83. The van der Waals surface area contributed by atoms with E-state index in [0.29, 0.717) is 271 Å². The van der Waals surface area contributed by atoms with Crippen molar-refractivity contribution in [3.05, 3.63) is 12.7 Å². The Morgan fingerprint density at radius 3 is 0.412 bits per heavy atom. The molecule has 22 nitrogen and oxygen atoms in total. The number of ether oxygens (including phenoxy) is 20. The third-order valence-corrected chi connectivity index (χ3v) is 11.7. The lowest BCUT2D eigenvalue weighted by molar-refractivity contribution is -0.138. The molecule has 0 fully saturated rings. The Bertz CT molecular complexity index is 1220. The van der Waals surface area contributed by atoms with Crippen LogP contribution < -0.4 is 0 Å². The van der Waals surface area contributed by atoms with Crippen LogP contribution in [0.2, 0.25) is 0 Å². The lowest BCUT2D eigenvalue weighted by Gasteiger charge is -2.08. The molecule has 0 aromatic heterocycles. The number of aliphatic hydroxyl groups excluding tert-OH is 1. The standard InChI is InChI=1S/C63H124O22/c1-2-63(65)85-62-22-61-84-60-21-59-83-58-20-57-82-56-19-55-81-54-18-53-80-52-17-51-79-50-16-49-78-48-15-47-77-46-14-45-76-44-13-43-75-42-12-41-74-40-11-39-73-38-10-37-72-36-9-35-71-34-8-33-70-32-7-31-69-30-6-29-68-28-5-27-67-26-4-25-66-24-3-23-64/h2,64H,1,3-62H2. The molecule has 508 valence electrons. The maximum atomic E-state index is 10.9. The Balaban J connectivity index is 3.09. The molecule has 0 saturated carbocycles. The van der Waals surface area contributed by atoms with Gasteiger partial charge < -0.3 is 99.8 Å². The summed E-state index contributed by atoms with van der Waals surface area (Å²) in [6.07, 6.45) is 18.3. The fraction of sp³-hybridized carbons (Fsp3) is 0.952. The van der Waals surface area contributed by atoms with Crippen molar-refractivity contribution in [1.29, 1.82) is 0 Å². The van der Waals surface area contributed by atoms with Gasteiger partial charge in [-0.05, 0) is 122 Å². The topological polar surface area (TPSA) is 222 Å². The molecule has 0 bridgehead atoms. The van der Waals surface area contributed by atoms with E-state index in [2.05, 4.69) is 6.58 Å². The zero-order valence-corrected chi connectivity index (χ0v) is 53.2. The first-order valence-electron chi connectivity index (χ1n) is 32.7. The molecule has 0 aromatic carbocycles. The van der Waals surface area contributed by atoms with Crippen molar-refractivity contribution in [1.82, 2.24) is 0 Å². The summed E-state index contributed by atoms with van der Waals surface area (Å²) >= 11 is 0. The van der Waals surface area contributed by atoms with Crippen LogP contribution in [-0.4, -0.2) is 275 Å². The van der Waals surface area contributed by atoms with Gasteiger partial charge in [-0.15, -0.1) is 0 Å². The summed E-state index contributed by atoms with van der Waals surface area (Å²) < 4.78 is 112. The van der Waals surface area contributed by atoms with Gasteiger partial charge in [0.1, 0.15) is 0 Å². The monoisotopic (exact) mass is 1230 g/mol. The van der Waals surface area contributed by atoms with Gasteiger partial charge in [-0.25, -0.2) is 4.79 Å². The van der Waals surface area contributed by atoms with E-state index in [1.54, 1.807) is 0 Å². The lowest BCUT2D eigenvalue weighted by atomic mass is 10.4. The number of hydrogen-bond acceptors (Lipinski definition) is 22. The molecule has 0 unspecified atom stereocenters. The van der Waals surface area contributed by atoms with Gasteiger partial charge in [0.15, 0.2) is 0 Å². The van der Waals surface area contributed by atoms with Gasteiger partial charge in [0.25, 0.3) is 0 Å². The van der Waals surface area contributed by atoms with E-state index in [-0.39, 0.29) is 6.61 Å². The molecule has 0 radical (unpaired) electrons. The molecule has 0 aliphatic carbocycles. The molecule has 0 rings (SSSR count). The van der Waals surface area contributed by atoms with E-state index in [1.807, 2.05) is 0 Å². The molecule has 0 saturated heterocycles. The minimum absolute atomic E-state index is 0.174. The van der Waals surface area contributed by atoms with E-state index >= 15 is 0 Å². The van der Waals surface area contributed by atoms with Gasteiger partial charge in [0, 0.05) is 270 Å². The summed E-state index contributed by atoms with van der Waals surface area (Å²) in [6, 6.07) is 0. The van der Waals surface area contributed by atoms with Crippen molar-refractivity contribution in [2.45, 2.75) is 128 Å². The third kappa shape index (κ3) is 80.4. The molecular formula is C63H124O22. The van der Waals surface area contributed by atoms with Gasteiger partial charge in [0.05, 0.1) is 6.61 Å². The number of esters is 1. The van der Waals surface area contributed by atoms with Gasteiger partial charge in [-0.3, -0.25) is 0 Å². The number of rotatable bonds is 80. The molecule has 0 spiro atoms. The van der Waals surface area contributed by atoms with Crippen molar-refractivity contribution < 1.29 is 105 Å². The van der Waals surface area contributed by atoms with Gasteiger partial charge in [-0.1, -0.05) is 6.58 Å². The molecular weight excluding hydrogens is 1110 g/mol. The second-order valence-electron chi connectivity index (χ2n) is 19.8. The van der Waals surface area contributed by atoms with Crippen molar-refractivity contribution in [3.63, 3.8) is 0 Å². The van der Waals surface area contributed by atoms with E-state index < -0.39 is 5.97 Å². The fourth-order valence-corrected chi connectivity index (χ4v) is 7.23. The largest absolute Gasteiger partial charge is 0.462 e. The van der Waals surface area contributed by atoms with Crippen LogP contribution in [-0.2, 0) is 99.5 Å². The first-order valence-corrected chi connectivity index (χ1v) is 32.7. The highest BCUT2D eigenvalue weighted by Gasteiger charge is 2.02. The predicted molar refractivity (Wildman–Crippen MR) is 326 cm³/mol. The molecule has 0 aliphatic rings. The average molecular weight is 1230 g/mol. The van der Waals surface area contributed by atoms with E-state index in [4.69, 9.17) is 99.8 Å². The zero-order chi connectivity index (χ0) is 60.9. The first-order chi connectivity index (χ1) is 42.3. The summed E-state index contributed by atoms with van der Waals surface area (Å²) in [6.45, 7) is 29.9. The second kappa shape index (κ2) is 80.4. The maximum Gasteiger partial charge on any atom is 0.330 e. The Kier molecular flexibility index (Phi) is 78.9. The third-order valence-electron chi connectivity index (χ3n) is 11.7. The molecule has 1 N–H and O–H groups in total. The molecule has 0 atom stereocenters. The van der Waals surface area contributed by atoms with Gasteiger partial charge in [-0.2, -0.15) is 0 Å². The SMILES string of the molecule is C=CC(=O)OCCCOCCCOCCCOCCCOCCCOCCCOCCCOCCCOCCCOCCCOCCCOCCCOCCCOCCCOCCCOCCCOCCCOCCCOCCCOCCCO. The Hall–Kier alpha value is -1.59. The smallest absolute Gasteiger partial charge is 0.330 e. The minimum Gasteiger partial charge on any atom is -0.462 e. The van der Waals surface area contributed by atoms with Gasteiger partial charge in [0.2, 0.25) is 0 Å². The average Bonchev–Trinajstić information content (AvgIpc) is 3.51. The van der Waals surface area contributed by atoms with Crippen molar-refractivity contribution in [2.24, 2.45) is 0 Å². The fourth-order valence-electron chi connectivity index (χ4n) is 7.23. The molecule has 0 amide bonds. The van der Waals surface area contributed by atoms with Crippen LogP contribution in [0.4, 0.5) is 0 Å². The van der Waals surface area contributed by atoms with E-state index in [1.165, 1.54) is 0 Å². The van der Waals surface area contributed by atoms with Crippen LogP contribution in [0.15, 0.2) is 12.7 Å². The Morgan fingerprint density at radius 2 is 0.306 bits per heavy atom. The van der Waals surface area contributed by atoms with Gasteiger partial charge >= 0.3 is 5.97 Å². The minimum atomic E-state index is -0.404. The highest BCUT2D eigenvalue weighted by atomic mass is 16.5. The number of hydrogen-bond donors (Lipinski definition) is 1. The van der Waals surface area contributed by atoms with Crippen molar-refractivity contribution in [3.8, 4) is 0 Å². The number of carbonyl (C=O) groups excluding carboxylic acids is 1. The second-order valence-corrected chi connectivity index (χ2v) is 19.8. The summed E-state index contributed by atoms with van der Waals surface area (Å²) in [5.41, 5.74) is 0. The molecule has 0 aromatic rings. The molecule has 0 aliphatic heterocycles. The van der Waals surface area contributed by atoms with Crippen LogP contribution >= 0.6 is 0 Å². The van der Waals surface area contributed by atoms with Crippen LogP contribution in [0.1, 0.15) is 128 Å². The van der Waals surface area contributed by atoms with E-state index in [9.17, 15) is 4.79 Å². The summed E-state index contributed by atoms with van der Waals surface area (Å²) in [7, 11) is 0.